The predicted molar refractivity (Wildman–Crippen MR) is 119 cm³/mol. The summed E-state index contributed by atoms with van der Waals surface area (Å²) in [5.41, 5.74) is 0.258. The fourth-order valence-corrected chi connectivity index (χ4v) is 3.13. The molecule has 6 nitrogen and oxygen atoms in total. The highest BCUT2D eigenvalue weighted by molar-refractivity contribution is 14.0. The van der Waals surface area contributed by atoms with E-state index < -0.39 is 11.7 Å². The normalized spacial score (nSPS) is 11.7. The first-order valence-electron chi connectivity index (χ1n) is 8.90. The number of thiazole rings is 1. The van der Waals surface area contributed by atoms with Gasteiger partial charge in [0.2, 0.25) is 5.88 Å². The van der Waals surface area contributed by atoms with Gasteiger partial charge in [-0.2, -0.15) is 13.2 Å². The molecule has 11 heteroatoms. The lowest BCUT2D eigenvalue weighted by atomic mass is 10.3. The van der Waals surface area contributed by atoms with Gasteiger partial charge >= 0.3 is 6.18 Å². The summed E-state index contributed by atoms with van der Waals surface area (Å²) in [6.07, 6.45) is -2.88. The molecule has 0 aliphatic carbocycles. The first-order valence-corrected chi connectivity index (χ1v) is 9.72. The van der Waals surface area contributed by atoms with Crippen LogP contribution in [0.2, 0.25) is 0 Å². The third-order valence-electron chi connectivity index (χ3n) is 3.72. The summed E-state index contributed by atoms with van der Waals surface area (Å²) in [5.74, 6) is 0.794. The lowest BCUT2D eigenvalue weighted by Crippen LogP contribution is -2.39. The number of guanidine groups is 1. The maximum atomic E-state index is 12.5. The van der Waals surface area contributed by atoms with E-state index in [1.807, 2.05) is 13.8 Å². The van der Waals surface area contributed by atoms with Crippen molar-refractivity contribution in [1.29, 1.82) is 0 Å². The average molecular weight is 543 g/mol. The van der Waals surface area contributed by atoms with Gasteiger partial charge < -0.3 is 15.4 Å². The molecule has 2 aromatic rings. The lowest BCUT2D eigenvalue weighted by Gasteiger charge is -2.12. The van der Waals surface area contributed by atoms with Crippen LogP contribution in [0.4, 0.5) is 13.2 Å². The average Bonchev–Trinajstić information content (AvgIpc) is 2.96. The largest absolute Gasteiger partial charge is 0.476 e. The van der Waals surface area contributed by atoms with E-state index in [1.54, 1.807) is 11.3 Å². The highest BCUT2D eigenvalue weighted by Crippen LogP contribution is 2.29. The van der Waals surface area contributed by atoms with Gasteiger partial charge in [-0.3, -0.25) is 4.99 Å². The highest BCUT2D eigenvalue weighted by atomic mass is 127. The van der Waals surface area contributed by atoms with Gasteiger partial charge in [-0.25, -0.2) is 9.97 Å². The van der Waals surface area contributed by atoms with Crippen LogP contribution in [-0.2, 0) is 12.6 Å². The number of nitrogens with one attached hydrogen (secondary N) is 2. The van der Waals surface area contributed by atoms with Gasteiger partial charge in [-0.15, -0.1) is 35.3 Å². The molecule has 29 heavy (non-hydrogen) atoms. The van der Waals surface area contributed by atoms with Crippen molar-refractivity contribution in [3.63, 3.8) is 0 Å². The quantitative estimate of drug-likeness (QED) is 0.228. The standard InChI is InChI=1S/C18H24F3N5OS.HI/c1-4-22-17(23-8-7-16-26-12(2)13(3)28-16)24-9-10-27-15-6-5-14(11-25-15)18(19,20)21;/h5-6,11H,4,7-10H2,1-3H3,(H2,22,23,24);1H. The van der Waals surface area contributed by atoms with Gasteiger partial charge in [-0.05, 0) is 26.8 Å². The van der Waals surface area contributed by atoms with Crippen molar-refractivity contribution in [2.75, 3.05) is 26.2 Å². The Labute approximate surface area is 189 Å². The Kier molecular flexibility index (Phi) is 10.6. The second-order valence-corrected chi connectivity index (χ2v) is 7.21. The first kappa shape index (κ1) is 25.4. The zero-order chi connectivity index (χ0) is 20.6. The Morgan fingerprint density at radius 2 is 2.00 bits per heavy atom. The molecule has 0 aromatic carbocycles. The molecule has 0 aliphatic heterocycles. The monoisotopic (exact) mass is 543 g/mol. The number of hydrogen-bond acceptors (Lipinski definition) is 5. The van der Waals surface area contributed by atoms with Crippen LogP contribution in [0.15, 0.2) is 23.3 Å². The van der Waals surface area contributed by atoms with E-state index in [0.717, 1.165) is 29.4 Å². The number of aliphatic imine (C=N–C) groups is 1. The fourth-order valence-electron chi connectivity index (χ4n) is 2.21. The summed E-state index contributed by atoms with van der Waals surface area (Å²) in [7, 11) is 0. The molecule has 2 rings (SSSR count). The number of rotatable bonds is 8. The molecule has 0 aliphatic rings. The number of alkyl halides is 3. The second-order valence-electron chi connectivity index (χ2n) is 5.92. The number of pyridine rings is 1. The van der Waals surface area contributed by atoms with Gasteiger partial charge in [0.05, 0.1) is 22.8 Å². The van der Waals surface area contributed by atoms with Crippen LogP contribution in [-0.4, -0.2) is 42.2 Å². The molecular weight excluding hydrogens is 518 g/mol. The number of halogens is 4. The fraction of sp³-hybridized carbons (Fsp3) is 0.500. The number of aryl methyl sites for hydroxylation is 2. The minimum absolute atomic E-state index is 0. The van der Waals surface area contributed by atoms with E-state index in [-0.39, 0.29) is 36.5 Å². The maximum absolute atomic E-state index is 12.5. The van der Waals surface area contributed by atoms with Crippen molar-refractivity contribution >= 4 is 41.3 Å². The third kappa shape index (κ3) is 8.72. The second kappa shape index (κ2) is 12.2. The van der Waals surface area contributed by atoms with Crippen molar-refractivity contribution in [2.24, 2.45) is 4.99 Å². The van der Waals surface area contributed by atoms with E-state index in [0.29, 0.717) is 25.6 Å². The molecule has 2 heterocycles. The van der Waals surface area contributed by atoms with Gasteiger partial charge in [0.25, 0.3) is 0 Å². The van der Waals surface area contributed by atoms with Crippen molar-refractivity contribution in [3.05, 3.63) is 39.5 Å². The van der Waals surface area contributed by atoms with E-state index in [4.69, 9.17) is 4.74 Å². The Balaban J connectivity index is 0.00000420. The first-order chi connectivity index (χ1) is 13.3. The summed E-state index contributed by atoms with van der Waals surface area (Å²) in [5, 5.41) is 7.31. The summed E-state index contributed by atoms with van der Waals surface area (Å²) >= 11 is 1.68. The summed E-state index contributed by atoms with van der Waals surface area (Å²) < 4.78 is 42.9. The van der Waals surface area contributed by atoms with Crippen molar-refractivity contribution in [2.45, 2.75) is 33.4 Å². The Morgan fingerprint density at radius 3 is 2.55 bits per heavy atom. The van der Waals surface area contributed by atoms with Crippen LogP contribution in [0.5, 0.6) is 5.88 Å². The SMILES string of the molecule is CCNC(=NCCc1nc(C)c(C)s1)NCCOc1ccc(C(F)(F)F)cn1.I. The lowest BCUT2D eigenvalue weighted by molar-refractivity contribution is -0.137. The Bertz CT molecular complexity index is 761. The van der Waals surface area contributed by atoms with Gasteiger partial charge in [0.1, 0.15) is 6.61 Å². The molecule has 0 spiro atoms. The van der Waals surface area contributed by atoms with Gasteiger partial charge in [0.15, 0.2) is 5.96 Å². The zero-order valence-corrected chi connectivity index (χ0v) is 19.6. The molecule has 0 radical (unpaired) electrons. The van der Waals surface area contributed by atoms with Crippen LogP contribution in [0.1, 0.15) is 28.1 Å². The Morgan fingerprint density at radius 1 is 1.24 bits per heavy atom. The highest BCUT2D eigenvalue weighted by Gasteiger charge is 2.30. The molecule has 0 saturated heterocycles. The maximum Gasteiger partial charge on any atom is 0.417 e. The molecule has 0 atom stereocenters. The summed E-state index contributed by atoms with van der Waals surface area (Å²) in [4.78, 5) is 13.9. The van der Waals surface area contributed by atoms with E-state index in [9.17, 15) is 13.2 Å². The van der Waals surface area contributed by atoms with Crippen LogP contribution >= 0.6 is 35.3 Å². The zero-order valence-electron chi connectivity index (χ0n) is 16.5. The van der Waals surface area contributed by atoms with E-state index in [1.165, 1.54) is 10.9 Å². The molecule has 2 aromatic heterocycles. The number of nitrogens with zero attached hydrogens (tertiary/aromatic N) is 3. The van der Waals surface area contributed by atoms with Crippen LogP contribution < -0.4 is 15.4 Å². The van der Waals surface area contributed by atoms with E-state index in [2.05, 4.69) is 32.5 Å². The molecule has 0 fully saturated rings. The molecule has 0 bridgehead atoms. The van der Waals surface area contributed by atoms with Crippen LogP contribution in [0.3, 0.4) is 0 Å². The van der Waals surface area contributed by atoms with Gasteiger partial charge in [-0.1, -0.05) is 0 Å². The molecule has 0 unspecified atom stereocenters. The van der Waals surface area contributed by atoms with Crippen molar-refractivity contribution in [1.82, 2.24) is 20.6 Å². The molecule has 0 saturated carbocycles. The molecule has 162 valence electrons. The number of aromatic nitrogens is 2. The van der Waals surface area contributed by atoms with Crippen molar-refractivity contribution < 1.29 is 17.9 Å². The van der Waals surface area contributed by atoms with Crippen LogP contribution in [0, 0.1) is 13.8 Å². The summed E-state index contributed by atoms with van der Waals surface area (Å²) in [6, 6.07) is 2.16. The molecule has 2 N–H and O–H groups in total. The smallest absolute Gasteiger partial charge is 0.417 e. The number of ether oxygens (including phenoxy) is 1. The van der Waals surface area contributed by atoms with Crippen molar-refractivity contribution in [3.8, 4) is 5.88 Å². The molecular formula is C18H25F3IN5OS. The minimum atomic E-state index is -4.40. The molecule has 0 amide bonds. The number of hydrogen-bond donors (Lipinski definition) is 2. The van der Waals surface area contributed by atoms with Crippen LogP contribution in [0.25, 0.3) is 0 Å². The predicted octanol–water partition coefficient (Wildman–Crippen LogP) is 3.97. The topological polar surface area (TPSA) is 71.4 Å². The van der Waals surface area contributed by atoms with Gasteiger partial charge in [0, 0.05) is 36.7 Å². The van der Waals surface area contributed by atoms with E-state index >= 15 is 0 Å². The third-order valence-corrected chi connectivity index (χ3v) is 4.85. The summed E-state index contributed by atoms with van der Waals surface area (Å²) in [6.45, 7) is 8.00. The minimum Gasteiger partial charge on any atom is -0.476 e. The Hall–Kier alpha value is -1.63.